The summed E-state index contributed by atoms with van der Waals surface area (Å²) in [5.41, 5.74) is 1.75. The zero-order chi connectivity index (χ0) is 17.1. The van der Waals surface area contributed by atoms with E-state index in [0.717, 1.165) is 35.4 Å². The predicted octanol–water partition coefficient (Wildman–Crippen LogP) is 3.07. The summed E-state index contributed by atoms with van der Waals surface area (Å²) < 4.78 is 8.41. The fourth-order valence-electron chi connectivity index (χ4n) is 3.23. The highest BCUT2D eigenvalue weighted by atomic mass is 79.9. The molecule has 1 aliphatic heterocycles. The molecule has 0 saturated carbocycles. The van der Waals surface area contributed by atoms with Crippen LogP contribution in [0.5, 0.6) is 5.75 Å². The van der Waals surface area contributed by atoms with E-state index in [9.17, 15) is 4.79 Å². The molecule has 1 atom stereocenters. The van der Waals surface area contributed by atoms with Crippen LogP contribution in [0.4, 0.5) is 0 Å². The molecule has 5 nitrogen and oxygen atoms in total. The van der Waals surface area contributed by atoms with E-state index >= 15 is 0 Å². The summed E-state index contributed by atoms with van der Waals surface area (Å²) in [5, 5.41) is 3.39. The van der Waals surface area contributed by atoms with Crippen molar-refractivity contribution >= 4 is 21.8 Å². The summed E-state index contributed by atoms with van der Waals surface area (Å²) in [7, 11) is 1.67. The summed E-state index contributed by atoms with van der Waals surface area (Å²) in [6, 6.07) is 9.77. The van der Waals surface area contributed by atoms with Gasteiger partial charge >= 0.3 is 0 Å². The summed E-state index contributed by atoms with van der Waals surface area (Å²) in [6.45, 7) is 5.00. The number of aromatic nitrogens is 1. The molecule has 24 heavy (non-hydrogen) atoms. The molecule has 1 aliphatic rings. The van der Waals surface area contributed by atoms with Crippen LogP contribution >= 0.6 is 15.9 Å². The van der Waals surface area contributed by atoms with Crippen LogP contribution in [0.15, 0.2) is 41.0 Å². The lowest BCUT2D eigenvalue weighted by Crippen LogP contribution is -2.49. The minimum Gasteiger partial charge on any atom is -0.496 e. The quantitative estimate of drug-likeness (QED) is 0.870. The average molecular weight is 392 g/mol. The molecule has 1 aromatic heterocycles. The van der Waals surface area contributed by atoms with Crippen molar-refractivity contribution < 1.29 is 9.53 Å². The van der Waals surface area contributed by atoms with Gasteiger partial charge in [-0.25, -0.2) is 0 Å². The highest BCUT2D eigenvalue weighted by Gasteiger charge is 2.31. The first kappa shape index (κ1) is 17.0. The molecular formula is C18H22BrN3O2. The number of carbonyl (C=O) groups excluding carboxylic acids is 1. The second kappa shape index (κ2) is 7.40. The summed E-state index contributed by atoms with van der Waals surface area (Å²) in [4.78, 5) is 15.1. The number of benzene rings is 1. The molecule has 0 aliphatic carbocycles. The van der Waals surface area contributed by atoms with Crippen molar-refractivity contribution in [3.8, 4) is 5.75 Å². The molecule has 2 aromatic rings. The van der Waals surface area contributed by atoms with Gasteiger partial charge in [-0.05, 0) is 35.0 Å². The Bertz CT molecular complexity index is 729. The van der Waals surface area contributed by atoms with E-state index in [1.807, 2.05) is 52.9 Å². The number of nitrogens with zero attached hydrogens (tertiary/aromatic N) is 2. The summed E-state index contributed by atoms with van der Waals surface area (Å²) >= 11 is 3.48. The number of hydrogen-bond donors (Lipinski definition) is 1. The third kappa shape index (κ3) is 3.21. The Balaban J connectivity index is 1.96. The molecule has 1 fully saturated rings. The molecule has 1 amide bonds. The molecule has 6 heteroatoms. The van der Waals surface area contributed by atoms with E-state index in [0.29, 0.717) is 12.2 Å². The van der Waals surface area contributed by atoms with Crippen molar-refractivity contribution in [2.24, 2.45) is 0 Å². The number of aryl methyl sites for hydroxylation is 1. The average Bonchev–Trinajstić information content (AvgIpc) is 3.02. The van der Waals surface area contributed by atoms with Gasteiger partial charge in [0.2, 0.25) is 0 Å². The van der Waals surface area contributed by atoms with Crippen LogP contribution in [0, 0.1) is 0 Å². The van der Waals surface area contributed by atoms with Crippen molar-refractivity contribution in [1.82, 2.24) is 14.8 Å². The number of methoxy groups -OCH3 is 1. The predicted molar refractivity (Wildman–Crippen MR) is 97.4 cm³/mol. The standard InChI is InChI=1S/C18H22BrN3O2/c1-3-21-12-13(19)10-15(21)18(23)22-9-8-20-11-16(22)14-6-4-5-7-17(14)24-2/h4-7,10,12,16,20H,3,8-9,11H2,1-2H3. The number of nitrogens with one attached hydrogen (secondary N) is 1. The Morgan fingerprint density at radius 3 is 2.96 bits per heavy atom. The minimum absolute atomic E-state index is 0.0404. The third-order valence-electron chi connectivity index (χ3n) is 4.43. The Labute approximate surface area is 150 Å². The van der Waals surface area contributed by atoms with E-state index in [-0.39, 0.29) is 11.9 Å². The van der Waals surface area contributed by atoms with Gasteiger partial charge in [-0.15, -0.1) is 0 Å². The van der Waals surface area contributed by atoms with Crippen LogP contribution in [0.3, 0.4) is 0 Å². The van der Waals surface area contributed by atoms with Crippen molar-refractivity contribution in [2.45, 2.75) is 19.5 Å². The number of ether oxygens (including phenoxy) is 1. The first-order chi connectivity index (χ1) is 11.7. The van der Waals surface area contributed by atoms with E-state index in [2.05, 4.69) is 21.2 Å². The van der Waals surface area contributed by atoms with Crippen LogP contribution in [0.2, 0.25) is 0 Å². The maximum atomic E-state index is 13.2. The molecular weight excluding hydrogens is 370 g/mol. The van der Waals surface area contributed by atoms with Crippen molar-refractivity contribution in [2.75, 3.05) is 26.7 Å². The number of carbonyl (C=O) groups is 1. The lowest BCUT2D eigenvalue weighted by Gasteiger charge is -2.37. The lowest BCUT2D eigenvalue weighted by atomic mass is 10.0. The van der Waals surface area contributed by atoms with Gasteiger partial charge in [0.1, 0.15) is 11.4 Å². The zero-order valence-corrected chi connectivity index (χ0v) is 15.5. The number of rotatable bonds is 4. The second-order valence-electron chi connectivity index (χ2n) is 5.79. The van der Waals surface area contributed by atoms with Crippen LogP contribution in [-0.2, 0) is 6.54 Å². The number of piperazine rings is 1. The minimum atomic E-state index is -0.0404. The van der Waals surface area contributed by atoms with Gasteiger partial charge in [0.15, 0.2) is 0 Å². The largest absolute Gasteiger partial charge is 0.496 e. The van der Waals surface area contributed by atoms with Crippen molar-refractivity contribution in [1.29, 1.82) is 0 Å². The molecule has 1 aromatic carbocycles. The topological polar surface area (TPSA) is 46.5 Å². The zero-order valence-electron chi connectivity index (χ0n) is 14.0. The molecule has 1 unspecified atom stereocenters. The fourth-order valence-corrected chi connectivity index (χ4v) is 3.69. The first-order valence-electron chi connectivity index (χ1n) is 8.16. The Kier molecular flexibility index (Phi) is 5.26. The van der Waals surface area contributed by atoms with Crippen molar-refractivity contribution in [3.63, 3.8) is 0 Å². The maximum absolute atomic E-state index is 13.2. The smallest absolute Gasteiger partial charge is 0.271 e. The van der Waals surface area contributed by atoms with Gasteiger partial charge in [0.05, 0.1) is 13.2 Å². The molecule has 0 radical (unpaired) electrons. The summed E-state index contributed by atoms with van der Waals surface area (Å²) in [6.07, 6.45) is 1.95. The molecule has 3 rings (SSSR count). The molecule has 1 saturated heterocycles. The Hall–Kier alpha value is -1.79. The fraction of sp³-hybridized carbons (Fsp3) is 0.389. The number of amides is 1. The SMILES string of the molecule is CCn1cc(Br)cc1C(=O)N1CCNCC1c1ccccc1OC. The van der Waals surface area contributed by atoms with E-state index < -0.39 is 0 Å². The second-order valence-corrected chi connectivity index (χ2v) is 6.71. The molecule has 128 valence electrons. The molecule has 2 heterocycles. The summed E-state index contributed by atoms with van der Waals surface area (Å²) in [5.74, 6) is 0.871. The van der Waals surface area contributed by atoms with Crippen LogP contribution in [0.25, 0.3) is 0 Å². The van der Waals surface area contributed by atoms with Gasteiger partial charge in [0, 0.05) is 42.4 Å². The van der Waals surface area contributed by atoms with Gasteiger partial charge in [0.25, 0.3) is 5.91 Å². The number of hydrogen-bond acceptors (Lipinski definition) is 3. The monoisotopic (exact) mass is 391 g/mol. The van der Waals surface area contributed by atoms with Crippen LogP contribution in [0.1, 0.15) is 29.0 Å². The Morgan fingerprint density at radius 1 is 1.42 bits per heavy atom. The van der Waals surface area contributed by atoms with E-state index in [1.165, 1.54) is 0 Å². The lowest BCUT2D eigenvalue weighted by molar-refractivity contribution is 0.0620. The van der Waals surface area contributed by atoms with Crippen LogP contribution in [-0.4, -0.2) is 42.1 Å². The van der Waals surface area contributed by atoms with Gasteiger partial charge < -0.3 is 19.5 Å². The Morgan fingerprint density at radius 2 is 2.21 bits per heavy atom. The van der Waals surface area contributed by atoms with Crippen molar-refractivity contribution in [3.05, 3.63) is 52.3 Å². The van der Waals surface area contributed by atoms with Gasteiger partial charge in [-0.2, -0.15) is 0 Å². The van der Waals surface area contributed by atoms with E-state index in [1.54, 1.807) is 7.11 Å². The maximum Gasteiger partial charge on any atom is 0.271 e. The van der Waals surface area contributed by atoms with Gasteiger partial charge in [-0.3, -0.25) is 4.79 Å². The molecule has 0 spiro atoms. The molecule has 1 N–H and O–H groups in total. The highest BCUT2D eigenvalue weighted by molar-refractivity contribution is 9.10. The third-order valence-corrected chi connectivity index (χ3v) is 4.86. The normalized spacial score (nSPS) is 17.8. The first-order valence-corrected chi connectivity index (χ1v) is 8.95. The highest BCUT2D eigenvalue weighted by Crippen LogP contribution is 2.31. The van der Waals surface area contributed by atoms with Gasteiger partial charge in [-0.1, -0.05) is 18.2 Å². The van der Waals surface area contributed by atoms with E-state index in [4.69, 9.17) is 4.74 Å². The van der Waals surface area contributed by atoms with Crippen LogP contribution < -0.4 is 10.1 Å². The number of para-hydroxylation sites is 1. The number of halogens is 1. The molecule has 0 bridgehead atoms.